The van der Waals surface area contributed by atoms with Crippen LogP contribution in [0.3, 0.4) is 0 Å². The summed E-state index contributed by atoms with van der Waals surface area (Å²) in [5, 5.41) is 14.5. The van der Waals surface area contributed by atoms with Gasteiger partial charge in [-0.25, -0.2) is 4.39 Å². The number of fused-ring (bicyclic) bond motifs is 1. The van der Waals surface area contributed by atoms with Crippen molar-refractivity contribution in [2.45, 2.75) is 18.5 Å². The maximum absolute atomic E-state index is 13.0. The Morgan fingerprint density at radius 2 is 1.85 bits per heavy atom. The first-order valence-electron chi connectivity index (χ1n) is 6.38. The monoisotopic (exact) mass is 272 g/mol. The van der Waals surface area contributed by atoms with Crippen molar-refractivity contribution < 1.29 is 9.31 Å². The standard InChI is InChI=1S/C15H13FN2O2/c16-12-7-5-10(6-8-12)15-14(18(19)20)9-11-3-1-2-4-13(11)17-15/h1-8,14-15,17H,9H2/t14-,15-/m0/s1. The number of halogens is 1. The van der Waals surface area contributed by atoms with E-state index in [2.05, 4.69) is 5.32 Å². The predicted molar refractivity (Wildman–Crippen MR) is 73.7 cm³/mol. The molecule has 0 aliphatic carbocycles. The summed E-state index contributed by atoms with van der Waals surface area (Å²) in [5.41, 5.74) is 2.56. The molecule has 2 aromatic carbocycles. The molecule has 0 unspecified atom stereocenters. The lowest BCUT2D eigenvalue weighted by atomic mass is 9.89. The van der Waals surface area contributed by atoms with Crippen LogP contribution in [0.15, 0.2) is 48.5 Å². The molecule has 0 saturated carbocycles. The molecule has 5 heteroatoms. The van der Waals surface area contributed by atoms with E-state index >= 15 is 0 Å². The van der Waals surface area contributed by atoms with Crippen molar-refractivity contribution >= 4 is 5.69 Å². The Hall–Kier alpha value is -2.43. The molecule has 4 nitrogen and oxygen atoms in total. The molecular formula is C15H13FN2O2. The summed E-state index contributed by atoms with van der Waals surface area (Å²) in [4.78, 5) is 11.0. The molecule has 0 saturated heterocycles. The van der Waals surface area contributed by atoms with E-state index in [0.29, 0.717) is 6.42 Å². The molecule has 0 amide bonds. The molecule has 2 atom stereocenters. The maximum Gasteiger partial charge on any atom is 0.241 e. The zero-order valence-electron chi connectivity index (χ0n) is 10.6. The van der Waals surface area contributed by atoms with Crippen molar-refractivity contribution in [3.05, 3.63) is 75.6 Å². The van der Waals surface area contributed by atoms with Gasteiger partial charge in [0.25, 0.3) is 0 Å². The molecule has 0 aromatic heterocycles. The van der Waals surface area contributed by atoms with Crippen LogP contribution in [-0.4, -0.2) is 11.0 Å². The van der Waals surface area contributed by atoms with Gasteiger partial charge in [0, 0.05) is 17.0 Å². The zero-order valence-corrected chi connectivity index (χ0v) is 10.6. The fraction of sp³-hybridized carbons (Fsp3) is 0.200. The van der Waals surface area contributed by atoms with Crippen LogP contribution in [0.1, 0.15) is 17.2 Å². The van der Waals surface area contributed by atoms with Crippen LogP contribution < -0.4 is 5.32 Å². The van der Waals surface area contributed by atoms with E-state index in [1.54, 1.807) is 12.1 Å². The van der Waals surface area contributed by atoms with Gasteiger partial charge < -0.3 is 5.32 Å². The Morgan fingerprint density at radius 1 is 1.15 bits per heavy atom. The molecular weight excluding hydrogens is 259 g/mol. The van der Waals surface area contributed by atoms with Crippen LogP contribution in [0.2, 0.25) is 0 Å². The van der Waals surface area contributed by atoms with Gasteiger partial charge in [-0.3, -0.25) is 10.1 Å². The fourth-order valence-electron chi connectivity index (χ4n) is 2.62. The molecule has 1 heterocycles. The number of nitrogens with zero attached hydrogens (tertiary/aromatic N) is 1. The SMILES string of the molecule is O=[N+]([O-])[C@H]1Cc2ccccc2N[C@H]1c1ccc(F)cc1. The highest BCUT2D eigenvalue weighted by Crippen LogP contribution is 2.34. The van der Waals surface area contributed by atoms with Gasteiger partial charge in [-0.05, 0) is 29.3 Å². The second-order valence-electron chi connectivity index (χ2n) is 4.89. The second kappa shape index (κ2) is 4.92. The van der Waals surface area contributed by atoms with Crippen molar-refractivity contribution in [3.63, 3.8) is 0 Å². The van der Waals surface area contributed by atoms with Crippen molar-refractivity contribution in [1.29, 1.82) is 0 Å². The molecule has 20 heavy (non-hydrogen) atoms. The summed E-state index contributed by atoms with van der Waals surface area (Å²) in [6.45, 7) is 0. The van der Waals surface area contributed by atoms with Crippen LogP contribution in [-0.2, 0) is 6.42 Å². The highest BCUT2D eigenvalue weighted by atomic mass is 19.1. The number of benzene rings is 2. The normalized spacial score (nSPS) is 20.9. The third-order valence-electron chi connectivity index (χ3n) is 3.64. The smallest absolute Gasteiger partial charge is 0.241 e. The highest BCUT2D eigenvalue weighted by molar-refractivity contribution is 5.55. The zero-order chi connectivity index (χ0) is 14.1. The summed E-state index contributed by atoms with van der Waals surface area (Å²) >= 11 is 0. The predicted octanol–water partition coefficient (Wildman–Crippen LogP) is 3.18. The van der Waals surface area contributed by atoms with Crippen molar-refractivity contribution in [2.24, 2.45) is 0 Å². The number of hydrogen-bond donors (Lipinski definition) is 1. The topological polar surface area (TPSA) is 55.2 Å². The number of hydrogen-bond acceptors (Lipinski definition) is 3. The minimum absolute atomic E-state index is 0.267. The minimum Gasteiger partial charge on any atom is -0.372 e. The Kier molecular flexibility index (Phi) is 3.10. The van der Waals surface area contributed by atoms with Crippen LogP contribution in [0, 0.1) is 15.9 Å². The largest absolute Gasteiger partial charge is 0.372 e. The molecule has 0 radical (unpaired) electrons. The maximum atomic E-state index is 13.0. The van der Waals surface area contributed by atoms with E-state index in [4.69, 9.17) is 0 Å². The van der Waals surface area contributed by atoms with Crippen molar-refractivity contribution in [1.82, 2.24) is 0 Å². The quantitative estimate of drug-likeness (QED) is 0.674. The van der Waals surface area contributed by atoms with Gasteiger partial charge >= 0.3 is 0 Å². The molecule has 1 N–H and O–H groups in total. The molecule has 1 aliphatic heterocycles. The number of para-hydroxylation sites is 1. The van der Waals surface area contributed by atoms with E-state index in [1.807, 2.05) is 24.3 Å². The van der Waals surface area contributed by atoms with E-state index < -0.39 is 12.1 Å². The Morgan fingerprint density at radius 3 is 2.55 bits per heavy atom. The Bertz CT molecular complexity index is 643. The van der Waals surface area contributed by atoms with Crippen LogP contribution in [0.5, 0.6) is 0 Å². The first kappa shape index (κ1) is 12.6. The summed E-state index contributed by atoms with van der Waals surface area (Å²) in [5.74, 6) is -0.345. The average Bonchev–Trinajstić information content (AvgIpc) is 2.46. The van der Waals surface area contributed by atoms with E-state index in [9.17, 15) is 14.5 Å². The summed E-state index contributed by atoms with van der Waals surface area (Å²) in [6, 6.07) is 12.2. The third-order valence-corrected chi connectivity index (χ3v) is 3.64. The van der Waals surface area contributed by atoms with E-state index in [0.717, 1.165) is 16.8 Å². The van der Waals surface area contributed by atoms with Crippen molar-refractivity contribution in [2.75, 3.05) is 5.32 Å². The fourth-order valence-corrected chi connectivity index (χ4v) is 2.62. The van der Waals surface area contributed by atoms with Gasteiger partial charge in [-0.2, -0.15) is 0 Å². The number of nitro groups is 1. The van der Waals surface area contributed by atoms with Crippen molar-refractivity contribution in [3.8, 4) is 0 Å². The van der Waals surface area contributed by atoms with E-state index in [1.165, 1.54) is 12.1 Å². The first-order chi connectivity index (χ1) is 9.65. The number of anilines is 1. The summed E-state index contributed by atoms with van der Waals surface area (Å²) in [6.07, 6.45) is 0.373. The van der Waals surface area contributed by atoms with Crippen LogP contribution in [0.4, 0.5) is 10.1 Å². The van der Waals surface area contributed by atoms with Gasteiger partial charge in [0.05, 0.1) is 0 Å². The Labute approximate surface area is 115 Å². The summed E-state index contributed by atoms with van der Waals surface area (Å²) < 4.78 is 13.0. The van der Waals surface area contributed by atoms with Gasteiger partial charge in [0.1, 0.15) is 11.9 Å². The average molecular weight is 272 g/mol. The molecule has 0 bridgehead atoms. The molecule has 2 aromatic rings. The Balaban J connectivity index is 2.00. The van der Waals surface area contributed by atoms with Gasteiger partial charge in [0.15, 0.2) is 0 Å². The minimum atomic E-state index is -0.754. The van der Waals surface area contributed by atoms with Crippen LogP contribution >= 0.6 is 0 Å². The highest BCUT2D eigenvalue weighted by Gasteiger charge is 2.37. The number of rotatable bonds is 2. The number of nitrogens with one attached hydrogen (secondary N) is 1. The molecule has 0 fully saturated rings. The molecule has 0 spiro atoms. The summed E-state index contributed by atoms with van der Waals surface area (Å²) in [7, 11) is 0. The third kappa shape index (κ3) is 2.22. The van der Waals surface area contributed by atoms with Crippen LogP contribution in [0.25, 0.3) is 0 Å². The molecule has 3 rings (SSSR count). The lowest BCUT2D eigenvalue weighted by molar-refractivity contribution is -0.525. The van der Waals surface area contributed by atoms with Gasteiger partial charge in [-0.15, -0.1) is 0 Å². The lowest BCUT2D eigenvalue weighted by Crippen LogP contribution is -2.38. The van der Waals surface area contributed by atoms with Gasteiger partial charge in [0.2, 0.25) is 6.04 Å². The van der Waals surface area contributed by atoms with E-state index in [-0.39, 0.29) is 10.7 Å². The molecule has 102 valence electrons. The van der Waals surface area contributed by atoms with Gasteiger partial charge in [-0.1, -0.05) is 30.3 Å². The molecule has 1 aliphatic rings. The first-order valence-corrected chi connectivity index (χ1v) is 6.38. The second-order valence-corrected chi connectivity index (χ2v) is 4.89. The lowest BCUT2D eigenvalue weighted by Gasteiger charge is -2.29.